The minimum Gasteiger partial charge on any atom is -0.315 e. The van der Waals surface area contributed by atoms with Gasteiger partial charge < -0.3 is 31.9 Å². The molecule has 0 amide bonds. The van der Waals surface area contributed by atoms with Gasteiger partial charge in [-0.05, 0) is 55.6 Å². The van der Waals surface area contributed by atoms with E-state index in [9.17, 15) is 0 Å². The Kier molecular flexibility index (Phi) is 20.7. The van der Waals surface area contributed by atoms with Crippen molar-refractivity contribution in [2.45, 2.75) is 78.9 Å². The van der Waals surface area contributed by atoms with Gasteiger partial charge in [-0.2, -0.15) is 0 Å². The molecule has 0 saturated heterocycles. The Hall–Kier alpha value is -1.02. The van der Waals surface area contributed by atoms with Crippen LogP contribution in [0.25, 0.3) is 0 Å². The van der Waals surface area contributed by atoms with Gasteiger partial charge in [-0.25, -0.2) is 0 Å². The standard InChI is InChI=1S/C27H54N6/c1-4-7-10-28-13-16-31-22-25-19-26(23-32-17-14-29-11-8-5-2)21-27(20-25)24-33-18-15-30-12-9-6-3/h19-21,28-33H,4-18,22-24H2,1-3H3. The van der Waals surface area contributed by atoms with E-state index >= 15 is 0 Å². The van der Waals surface area contributed by atoms with Gasteiger partial charge >= 0.3 is 0 Å². The molecule has 0 atom stereocenters. The molecule has 0 aliphatic carbocycles. The summed E-state index contributed by atoms with van der Waals surface area (Å²) < 4.78 is 0. The van der Waals surface area contributed by atoms with Crippen molar-refractivity contribution in [2.24, 2.45) is 0 Å². The quantitative estimate of drug-likeness (QED) is 0.133. The summed E-state index contributed by atoms with van der Waals surface area (Å²) in [6.45, 7) is 19.0. The zero-order chi connectivity index (χ0) is 23.8. The number of benzene rings is 1. The molecule has 0 spiro atoms. The largest absolute Gasteiger partial charge is 0.315 e. The van der Waals surface area contributed by atoms with Gasteiger partial charge in [-0.15, -0.1) is 0 Å². The lowest BCUT2D eigenvalue weighted by Crippen LogP contribution is -2.29. The first kappa shape index (κ1) is 30.0. The fourth-order valence-electron chi connectivity index (χ4n) is 3.65. The molecule has 6 nitrogen and oxygen atoms in total. The van der Waals surface area contributed by atoms with Crippen LogP contribution in [0.3, 0.4) is 0 Å². The number of nitrogens with one attached hydrogen (secondary N) is 6. The maximum absolute atomic E-state index is 3.60. The predicted molar refractivity (Wildman–Crippen MR) is 145 cm³/mol. The minimum absolute atomic E-state index is 0.924. The SMILES string of the molecule is CCCCNCCNCc1cc(CNCCNCCCC)cc(CNCCNCCCC)c1. The molecular formula is C27H54N6. The van der Waals surface area contributed by atoms with Crippen molar-refractivity contribution in [1.82, 2.24) is 31.9 Å². The van der Waals surface area contributed by atoms with E-state index in [-0.39, 0.29) is 0 Å². The monoisotopic (exact) mass is 462 g/mol. The van der Waals surface area contributed by atoms with Gasteiger partial charge in [0.1, 0.15) is 0 Å². The molecule has 33 heavy (non-hydrogen) atoms. The molecule has 0 radical (unpaired) electrons. The number of hydrogen-bond acceptors (Lipinski definition) is 6. The normalized spacial score (nSPS) is 11.4. The van der Waals surface area contributed by atoms with Crippen molar-refractivity contribution in [3.8, 4) is 0 Å². The van der Waals surface area contributed by atoms with Gasteiger partial charge in [0.15, 0.2) is 0 Å². The van der Waals surface area contributed by atoms with Crippen molar-refractivity contribution in [3.63, 3.8) is 0 Å². The molecule has 0 fully saturated rings. The maximum atomic E-state index is 3.60. The summed E-state index contributed by atoms with van der Waals surface area (Å²) in [7, 11) is 0. The molecular weight excluding hydrogens is 408 g/mol. The van der Waals surface area contributed by atoms with Crippen LogP contribution in [0.5, 0.6) is 0 Å². The summed E-state index contributed by atoms with van der Waals surface area (Å²) in [6, 6.07) is 7.06. The Balaban J connectivity index is 2.44. The highest BCUT2D eigenvalue weighted by Gasteiger charge is 2.03. The lowest BCUT2D eigenvalue weighted by atomic mass is 10.0. The maximum Gasteiger partial charge on any atom is 0.0206 e. The summed E-state index contributed by atoms with van der Waals surface area (Å²) in [5.74, 6) is 0. The van der Waals surface area contributed by atoms with E-state index in [1.165, 1.54) is 55.2 Å². The average molecular weight is 463 g/mol. The molecule has 0 unspecified atom stereocenters. The molecule has 0 aliphatic heterocycles. The Morgan fingerprint density at radius 3 is 0.939 bits per heavy atom. The zero-order valence-corrected chi connectivity index (χ0v) is 22.0. The molecule has 1 aromatic carbocycles. The van der Waals surface area contributed by atoms with Crippen LogP contribution in [0.1, 0.15) is 76.0 Å². The van der Waals surface area contributed by atoms with Gasteiger partial charge in [0, 0.05) is 58.9 Å². The van der Waals surface area contributed by atoms with Crippen molar-refractivity contribution in [2.75, 3.05) is 58.9 Å². The topological polar surface area (TPSA) is 72.2 Å². The van der Waals surface area contributed by atoms with Gasteiger partial charge in [0.25, 0.3) is 0 Å². The molecule has 192 valence electrons. The summed E-state index contributed by atoms with van der Waals surface area (Å²) in [5, 5.41) is 21.3. The molecule has 0 bridgehead atoms. The third-order valence-electron chi connectivity index (χ3n) is 5.66. The summed E-state index contributed by atoms with van der Waals surface area (Å²) in [4.78, 5) is 0. The number of rotatable bonds is 24. The Bertz CT molecular complexity index is 463. The first-order valence-electron chi connectivity index (χ1n) is 13.7. The highest BCUT2D eigenvalue weighted by atomic mass is 14.9. The van der Waals surface area contributed by atoms with Crippen molar-refractivity contribution >= 4 is 0 Å². The van der Waals surface area contributed by atoms with Crippen molar-refractivity contribution < 1.29 is 0 Å². The van der Waals surface area contributed by atoms with E-state index in [1.54, 1.807) is 0 Å². The third kappa shape index (κ3) is 18.0. The Morgan fingerprint density at radius 1 is 0.394 bits per heavy atom. The van der Waals surface area contributed by atoms with E-state index in [0.717, 1.165) is 78.5 Å². The molecule has 0 saturated carbocycles. The minimum atomic E-state index is 0.924. The Labute approximate surface area is 204 Å². The van der Waals surface area contributed by atoms with E-state index in [4.69, 9.17) is 0 Å². The lowest BCUT2D eigenvalue weighted by molar-refractivity contribution is 0.585. The van der Waals surface area contributed by atoms with Gasteiger partial charge in [0.2, 0.25) is 0 Å². The number of hydrogen-bond donors (Lipinski definition) is 6. The summed E-state index contributed by atoms with van der Waals surface area (Å²) in [6.07, 6.45) is 7.53. The second-order valence-electron chi connectivity index (χ2n) is 9.00. The average Bonchev–Trinajstić information content (AvgIpc) is 2.82. The second-order valence-corrected chi connectivity index (χ2v) is 9.00. The molecule has 6 heteroatoms. The van der Waals surface area contributed by atoms with Crippen LogP contribution in [0.2, 0.25) is 0 Å². The number of unbranched alkanes of at least 4 members (excludes halogenated alkanes) is 3. The van der Waals surface area contributed by atoms with Crippen LogP contribution in [0.15, 0.2) is 18.2 Å². The summed E-state index contributed by atoms with van der Waals surface area (Å²) >= 11 is 0. The smallest absolute Gasteiger partial charge is 0.0206 e. The fourth-order valence-corrected chi connectivity index (χ4v) is 3.65. The predicted octanol–water partition coefficient (Wildman–Crippen LogP) is 3.12. The first-order chi connectivity index (χ1) is 16.3. The van der Waals surface area contributed by atoms with Crippen LogP contribution in [0, 0.1) is 0 Å². The van der Waals surface area contributed by atoms with Crippen LogP contribution in [-0.2, 0) is 19.6 Å². The van der Waals surface area contributed by atoms with Gasteiger partial charge in [0.05, 0.1) is 0 Å². The van der Waals surface area contributed by atoms with Crippen molar-refractivity contribution in [3.05, 3.63) is 34.9 Å². The van der Waals surface area contributed by atoms with Crippen LogP contribution < -0.4 is 31.9 Å². The molecule has 0 aliphatic rings. The molecule has 0 heterocycles. The second kappa shape index (κ2) is 22.8. The van der Waals surface area contributed by atoms with E-state index in [2.05, 4.69) is 70.9 Å². The molecule has 0 aromatic heterocycles. The highest BCUT2D eigenvalue weighted by Crippen LogP contribution is 2.11. The van der Waals surface area contributed by atoms with Crippen LogP contribution in [0.4, 0.5) is 0 Å². The van der Waals surface area contributed by atoms with Crippen LogP contribution in [-0.4, -0.2) is 58.9 Å². The van der Waals surface area contributed by atoms with E-state index < -0.39 is 0 Å². The third-order valence-corrected chi connectivity index (χ3v) is 5.66. The molecule has 6 N–H and O–H groups in total. The first-order valence-corrected chi connectivity index (χ1v) is 13.7. The zero-order valence-electron chi connectivity index (χ0n) is 22.0. The van der Waals surface area contributed by atoms with Crippen molar-refractivity contribution in [1.29, 1.82) is 0 Å². The lowest BCUT2D eigenvalue weighted by Gasteiger charge is -2.13. The fraction of sp³-hybridized carbons (Fsp3) is 0.778. The summed E-state index contributed by atoms with van der Waals surface area (Å²) in [5.41, 5.74) is 4.13. The Morgan fingerprint density at radius 2 is 0.667 bits per heavy atom. The molecule has 1 aromatic rings. The van der Waals surface area contributed by atoms with Crippen LogP contribution >= 0.6 is 0 Å². The molecule has 1 rings (SSSR count). The van der Waals surface area contributed by atoms with E-state index in [0.29, 0.717) is 0 Å². The van der Waals surface area contributed by atoms with Gasteiger partial charge in [-0.1, -0.05) is 58.2 Å². The highest BCUT2D eigenvalue weighted by molar-refractivity contribution is 5.30. The van der Waals surface area contributed by atoms with E-state index in [1.807, 2.05) is 0 Å². The van der Waals surface area contributed by atoms with Gasteiger partial charge in [-0.3, -0.25) is 0 Å².